The van der Waals surface area contributed by atoms with Gasteiger partial charge in [0, 0.05) is 30.8 Å². The maximum atomic E-state index is 12.5. The van der Waals surface area contributed by atoms with E-state index in [4.69, 9.17) is 39.5 Å². The lowest BCUT2D eigenvalue weighted by atomic mass is 10.2. The van der Waals surface area contributed by atoms with Crippen molar-refractivity contribution in [2.24, 2.45) is 0 Å². The first-order chi connectivity index (χ1) is 11.6. The molecule has 0 unspecified atom stereocenters. The number of carbonyl (C=O) groups is 1. The van der Waals surface area contributed by atoms with Gasteiger partial charge in [0.25, 0.3) is 11.6 Å². The van der Waals surface area contributed by atoms with Gasteiger partial charge in [0.2, 0.25) is 3.79 Å². The number of ether oxygens (including phenoxy) is 1. The molecule has 1 fully saturated rings. The number of hydrogen-bond acceptors (Lipinski definition) is 5. The van der Waals surface area contributed by atoms with E-state index in [1.165, 1.54) is 24.3 Å². The number of nitrogens with zero attached hydrogens (tertiary/aromatic N) is 2. The Kier molecular flexibility index (Phi) is 6.51. The summed E-state index contributed by atoms with van der Waals surface area (Å²) < 4.78 is 3.90. The Morgan fingerprint density at radius 3 is 2.24 bits per heavy atom. The number of nitro benzene ring substituents is 1. The van der Waals surface area contributed by atoms with Gasteiger partial charge in [-0.15, -0.1) is 0 Å². The number of halogens is 3. The number of nitro groups is 1. The fraction of sp³-hybridized carbons (Fsp3) is 0.533. The molecule has 0 saturated carbocycles. The zero-order chi connectivity index (χ0) is 18.8. The predicted octanol–water partition coefficient (Wildman–Crippen LogP) is 3.13. The van der Waals surface area contributed by atoms with E-state index >= 15 is 0 Å². The molecule has 1 aliphatic rings. The molecule has 1 aromatic carbocycles. The normalized spacial score (nSPS) is 23.1. The van der Waals surface area contributed by atoms with Crippen molar-refractivity contribution >= 4 is 46.4 Å². The maximum absolute atomic E-state index is 12.5. The van der Waals surface area contributed by atoms with Crippen molar-refractivity contribution in [3.05, 3.63) is 39.9 Å². The molecule has 3 atom stereocenters. The Morgan fingerprint density at radius 1 is 1.28 bits per heavy atom. The van der Waals surface area contributed by atoms with E-state index in [2.05, 4.69) is 5.32 Å². The van der Waals surface area contributed by atoms with Crippen LogP contribution in [0.4, 0.5) is 5.69 Å². The van der Waals surface area contributed by atoms with Gasteiger partial charge in [0.15, 0.2) is 0 Å². The molecule has 0 radical (unpaired) electrons. The SMILES string of the molecule is C[C@@H]1CN([C@H](NC(=O)c2ccc([N+](=O)[O-])cc2)C(Cl)(Cl)Cl)C[C@@H](C)O1. The molecule has 138 valence electrons. The molecule has 2 rings (SSSR count). The number of morpholine rings is 1. The second-order valence-electron chi connectivity index (χ2n) is 5.93. The average molecular weight is 411 g/mol. The smallest absolute Gasteiger partial charge is 0.269 e. The molecule has 0 spiro atoms. The highest BCUT2D eigenvalue weighted by molar-refractivity contribution is 6.68. The van der Waals surface area contributed by atoms with Gasteiger partial charge in [-0.25, -0.2) is 0 Å². The van der Waals surface area contributed by atoms with Crippen LogP contribution in [0.1, 0.15) is 24.2 Å². The monoisotopic (exact) mass is 409 g/mol. The molecular weight excluding hydrogens is 393 g/mol. The van der Waals surface area contributed by atoms with Gasteiger partial charge in [0.05, 0.1) is 17.1 Å². The molecule has 7 nitrogen and oxygen atoms in total. The van der Waals surface area contributed by atoms with E-state index in [0.717, 1.165) is 0 Å². The van der Waals surface area contributed by atoms with Crippen LogP contribution < -0.4 is 5.32 Å². The average Bonchev–Trinajstić information content (AvgIpc) is 2.50. The second kappa shape index (κ2) is 8.05. The van der Waals surface area contributed by atoms with Crippen molar-refractivity contribution in [3.8, 4) is 0 Å². The zero-order valence-electron chi connectivity index (χ0n) is 13.6. The highest BCUT2D eigenvalue weighted by Crippen LogP contribution is 2.33. The standard InChI is InChI=1S/C15H18Cl3N3O4/c1-9-7-20(8-10(2)25-9)14(15(16,17)18)19-13(22)11-3-5-12(6-4-11)21(23)24/h3-6,9-10,14H,7-8H2,1-2H3,(H,19,22)/t9-,10-,14+/m1/s1. The summed E-state index contributed by atoms with van der Waals surface area (Å²) in [5, 5.41) is 13.4. The number of rotatable bonds is 4. The van der Waals surface area contributed by atoms with Gasteiger partial charge in [-0.3, -0.25) is 19.8 Å². The van der Waals surface area contributed by atoms with Crippen LogP contribution in [0.5, 0.6) is 0 Å². The van der Waals surface area contributed by atoms with Crippen LogP contribution in [-0.2, 0) is 4.74 Å². The summed E-state index contributed by atoms with van der Waals surface area (Å²) in [7, 11) is 0. The van der Waals surface area contributed by atoms with Crippen molar-refractivity contribution in [1.29, 1.82) is 0 Å². The first-order valence-corrected chi connectivity index (χ1v) is 8.73. The summed E-state index contributed by atoms with van der Waals surface area (Å²) in [6.45, 7) is 4.78. The summed E-state index contributed by atoms with van der Waals surface area (Å²) in [6.07, 6.45) is -1.02. The van der Waals surface area contributed by atoms with Crippen molar-refractivity contribution < 1.29 is 14.5 Å². The molecule has 1 heterocycles. The first-order valence-electron chi connectivity index (χ1n) is 7.59. The minimum absolute atomic E-state index is 0.0742. The van der Waals surface area contributed by atoms with E-state index in [1.54, 1.807) is 0 Å². The van der Waals surface area contributed by atoms with Gasteiger partial charge in [-0.05, 0) is 26.0 Å². The van der Waals surface area contributed by atoms with Gasteiger partial charge >= 0.3 is 0 Å². The number of carbonyl (C=O) groups excluding carboxylic acids is 1. The largest absolute Gasteiger partial charge is 0.373 e. The van der Waals surface area contributed by atoms with Crippen LogP contribution in [0, 0.1) is 10.1 Å². The molecule has 1 aliphatic heterocycles. The maximum Gasteiger partial charge on any atom is 0.269 e. The minimum Gasteiger partial charge on any atom is -0.373 e. The molecule has 1 aromatic rings. The Hall–Kier alpha value is -1.12. The summed E-state index contributed by atoms with van der Waals surface area (Å²) in [4.78, 5) is 24.5. The first kappa shape index (κ1) is 20.2. The third kappa shape index (κ3) is 5.43. The van der Waals surface area contributed by atoms with Crippen LogP contribution in [0.15, 0.2) is 24.3 Å². The van der Waals surface area contributed by atoms with Crippen LogP contribution in [-0.4, -0.2) is 51.0 Å². The third-order valence-electron chi connectivity index (χ3n) is 3.73. The highest BCUT2D eigenvalue weighted by atomic mass is 35.6. The molecule has 25 heavy (non-hydrogen) atoms. The van der Waals surface area contributed by atoms with Gasteiger partial charge in [-0.2, -0.15) is 0 Å². The predicted molar refractivity (Wildman–Crippen MR) is 96.2 cm³/mol. The minimum atomic E-state index is -1.76. The lowest BCUT2D eigenvalue weighted by Crippen LogP contribution is -2.60. The number of hydrogen-bond donors (Lipinski definition) is 1. The van der Waals surface area contributed by atoms with E-state index in [1.807, 2.05) is 18.7 Å². The lowest BCUT2D eigenvalue weighted by molar-refractivity contribution is -0.384. The molecule has 0 bridgehead atoms. The van der Waals surface area contributed by atoms with Gasteiger partial charge < -0.3 is 10.1 Å². The lowest BCUT2D eigenvalue weighted by Gasteiger charge is -2.42. The molecule has 1 saturated heterocycles. The van der Waals surface area contributed by atoms with Crippen molar-refractivity contribution in [3.63, 3.8) is 0 Å². The number of non-ortho nitro benzene ring substituents is 1. The molecule has 1 amide bonds. The molecule has 1 N–H and O–H groups in total. The van der Waals surface area contributed by atoms with Crippen LogP contribution in [0.25, 0.3) is 0 Å². The Balaban J connectivity index is 2.16. The Bertz CT molecular complexity index is 626. The fourth-order valence-corrected chi connectivity index (χ4v) is 3.33. The van der Waals surface area contributed by atoms with E-state index < -0.39 is 20.8 Å². The topological polar surface area (TPSA) is 84.7 Å². The van der Waals surface area contributed by atoms with Crippen LogP contribution in [0.2, 0.25) is 0 Å². The van der Waals surface area contributed by atoms with Crippen molar-refractivity contribution in [1.82, 2.24) is 10.2 Å². The summed E-state index contributed by atoms with van der Waals surface area (Å²) in [6, 6.07) is 5.21. The number of nitrogens with one attached hydrogen (secondary N) is 1. The molecular formula is C15H18Cl3N3O4. The van der Waals surface area contributed by atoms with Crippen molar-refractivity contribution in [2.75, 3.05) is 13.1 Å². The van der Waals surface area contributed by atoms with Crippen LogP contribution >= 0.6 is 34.8 Å². The Morgan fingerprint density at radius 2 is 1.80 bits per heavy atom. The van der Waals surface area contributed by atoms with E-state index in [-0.39, 0.29) is 23.5 Å². The molecule has 0 aromatic heterocycles. The third-order valence-corrected chi connectivity index (χ3v) is 4.35. The Labute approximate surface area is 160 Å². The fourth-order valence-electron chi connectivity index (χ4n) is 2.75. The summed E-state index contributed by atoms with van der Waals surface area (Å²) in [5.41, 5.74) is 0.129. The quantitative estimate of drug-likeness (QED) is 0.468. The van der Waals surface area contributed by atoms with Crippen molar-refractivity contribution in [2.45, 2.75) is 36.0 Å². The second-order valence-corrected chi connectivity index (χ2v) is 8.30. The summed E-state index contributed by atoms with van der Waals surface area (Å²) >= 11 is 18.2. The van der Waals surface area contributed by atoms with Gasteiger partial charge in [0.1, 0.15) is 6.17 Å². The highest BCUT2D eigenvalue weighted by Gasteiger charge is 2.41. The molecule has 0 aliphatic carbocycles. The number of alkyl halides is 3. The number of amides is 1. The van der Waals surface area contributed by atoms with E-state index in [9.17, 15) is 14.9 Å². The van der Waals surface area contributed by atoms with Crippen LogP contribution in [0.3, 0.4) is 0 Å². The zero-order valence-corrected chi connectivity index (χ0v) is 15.9. The molecule has 10 heteroatoms. The summed E-state index contributed by atoms with van der Waals surface area (Å²) in [5.74, 6) is -0.488. The van der Waals surface area contributed by atoms with Gasteiger partial charge in [-0.1, -0.05) is 34.8 Å². The van der Waals surface area contributed by atoms with E-state index in [0.29, 0.717) is 13.1 Å². The number of benzene rings is 1.